The molecule has 4 rings (SSSR count). The van der Waals surface area contributed by atoms with Crippen LogP contribution in [0.15, 0.2) is 84.1 Å². The average Bonchev–Trinajstić information content (AvgIpc) is 3.12. The minimum absolute atomic E-state index is 0.0259. The lowest BCUT2D eigenvalue weighted by Gasteiger charge is -2.26. The first-order valence-corrected chi connectivity index (χ1v) is 11.1. The molecule has 1 aromatic heterocycles. The van der Waals surface area contributed by atoms with Crippen LogP contribution < -0.4 is 15.4 Å². The van der Waals surface area contributed by atoms with E-state index in [1.165, 1.54) is 0 Å². The van der Waals surface area contributed by atoms with E-state index in [4.69, 9.17) is 4.74 Å². The molecule has 0 saturated heterocycles. The fraction of sp³-hybridized carbons (Fsp3) is 0.308. The summed E-state index contributed by atoms with van der Waals surface area (Å²) >= 11 is 0. The molecular formula is C26H30N4O3. The van der Waals surface area contributed by atoms with Gasteiger partial charge in [-0.3, -0.25) is 9.78 Å². The number of pyridine rings is 1. The molecule has 2 aliphatic heterocycles. The summed E-state index contributed by atoms with van der Waals surface area (Å²) in [6.07, 6.45) is 9.05. The van der Waals surface area contributed by atoms with Gasteiger partial charge >= 0.3 is 0 Å². The molecule has 33 heavy (non-hydrogen) atoms. The topological polar surface area (TPSA) is 86.7 Å². The van der Waals surface area contributed by atoms with E-state index < -0.39 is 5.60 Å². The summed E-state index contributed by atoms with van der Waals surface area (Å²) in [6, 6.07) is 12.7. The first-order chi connectivity index (χ1) is 15.8. The third-order valence-electron chi connectivity index (χ3n) is 5.66. The normalized spacial score (nSPS) is 17.4. The van der Waals surface area contributed by atoms with Gasteiger partial charge in [-0.1, -0.05) is 6.07 Å². The lowest BCUT2D eigenvalue weighted by Crippen LogP contribution is -2.36. The van der Waals surface area contributed by atoms with Crippen LogP contribution in [-0.2, 0) is 6.61 Å². The number of nitrogens with one attached hydrogen (secondary N) is 2. The standard InChI is InChI=1S/C26H30N4O3/c1-18-23(13-14-26(2,3)32)29-24-12-9-20(16-30(18)24)28-25(31)19-7-10-22(11-8-19)33-17-21-6-4-5-15-27-21/h4-12,15-16,24,29,32H,13-14,17H2,1-3H3,(H,28,31). The van der Waals surface area contributed by atoms with Gasteiger partial charge in [-0.2, -0.15) is 0 Å². The quantitative estimate of drug-likeness (QED) is 0.572. The molecule has 3 N–H and O–H groups in total. The van der Waals surface area contributed by atoms with Gasteiger partial charge in [0, 0.05) is 29.4 Å². The highest BCUT2D eigenvalue weighted by Crippen LogP contribution is 2.28. The van der Waals surface area contributed by atoms with Crippen LogP contribution in [0.5, 0.6) is 5.75 Å². The Labute approximate surface area is 194 Å². The molecule has 0 aliphatic carbocycles. The van der Waals surface area contributed by atoms with E-state index in [9.17, 15) is 9.90 Å². The number of rotatable bonds is 8. The second-order valence-electron chi connectivity index (χ2n) is 8.90. The number of carbonyl (C=O) groups is 1. The summed E-state index contributed by atoms with van der Waals surface area (Å²) in [6.45, 7) is 6.06. The van der Waals surface area contributed by atoms with Crippen molar-refractivity contribution in [1.29, 1.82) is 0 Å². The zero-order valence-electron chi connectivity index (χ0n) is 19.2. The summed E-state index contributed by atoms with van der Waals surface area (Å²) in [5, 5.41) is 16.5. The number of aromatic nitrogens is 1. The molecule has 7 heteroatoms. The van der Waals surface area contributed by atoms with Gasteiger partial charge in [0.1, 0.15) is 18.5 Å². The number of aliphatic hydroxyl groups is 1. The van der Waals surface area contributed by atoms with Crippen LogP contribution in [0.2, 0.25) is 0 Å². The predicted molar refractivity (Wildman–Crippen MR) is 127 cm³/mol. The van der Waals surface area contributed by atoms with Gasteiger partial charge < -0.3 is 25.4 Å². The van der Waals surface area contributed by atoms with Gasteiger partial charge in [-0.05, 0) is 82.2 Å². The number of amides is 1. The summed E-state index contributed by atoms with van der Waals surface area (Å²) < 4.78 is 5.74. The second-order valence-corrected chi connectivity index (χ2v) is 8.90. The van der Waals surface area contributed by atoms with E-state index in [1.54, 1.807) is 30.5 Å². The van der Waals surface area contributed by atoms with E-state index in [0.717, 1.165) is 29.2 Å². The van der Waals surface area contributed by atoms with Gasteiger partial charge in [0.2, 0.25) is 0 Å². The van der Waals surface area contributed by atoms with Crippen molar-refractivity contribution in [3.05, 3.63) is 95.4 Å². The Morgan fingerprint density at radius 2 is 2.03 bits per heavy atom. The Morgan fingerprint density at radius 3 is 2.73 bits per heavy atom. The zero-order valence-corrected chi connectivity index (χ0v) is 19.2. The minimum atomic E-state index is -0.706. The molecule has 0 bridgehead atoms. The average molecular weight is 447 g/mol. The number of hydrogen-bond donors (Lipinski definition) is 3. The van der Waals surface area contributed by atoms with Crippen molar-refractivity contribution in [2.75, 3.05) is 0 Å². The maximum absolute atomic E-state index is 12.7. The number of carbonyl (C=O) groups excluding carboxylic acids is 1. The fourth-order valence-electron chi connectivity index (χ4n) is 3.73. The molecule has 2 aliphatic rings. The number of allylic oxidation sites excluding steroid dienone is 3. The van der Waals surface area contributed by atoms with Gasteiger partial charge in [0.05, 0.1) is 17.0 Å². The Morgan fingerprint density at radius 1 is 1.24 bits per heavy atom. The fourth-order valence-corrected chi connectivity index (χ4v) is 3.73. The summed E-state index contributed by atoms with van der Waals surface area (Å²) in [5.74, 6) is 0.496. The monoisotopic (exact) mass is 446 g/mol. The lowest BCUT2D eigenvalue weighted by molar-refractivity contribution is 0.0709. The second kappa shape index (κ2) is 9.50. The van der Waals surface area contributed by atoms with Crippen LogP contribution in [0, 0.1) is 0 Å². The Bertz CT molecular complexity index is 1080. The van der Waals surface area contributed by atoms with Crippen molar-refractivity contribution in [3.8, 4) is 5.75 Å². The molecule has 1 amide bonds. The molecule has 0 radical (unpaired) electrons. The third kappa shape index (κ3) is 5.81. The van der Waals surface area contributed by atoms with Crippen molar-refractivity contribution in [2.24, 2.45) is 0 Å². The molecule has 1 aromatic carbocycles. The van der Waals surface area contributed by atoms with Crippen molar-refractivity contribution in [1.82, 2.24) is 20.5 Å². The molecule has 0 spiro atoms. The smallest absolute Gasteiger partial charge is 0.255 e. The van der Waals surface area contributed by atoms with Crippen LogP contribution in [-0.4, -0.2) is 32.7 Å². The highest BCUT2D eigenvalue weighted by molar-refractivity contribution is 5.95. The molecule has 0 saturated carbocycles. The van der Waals surface area contributed by atoms with Crippen LogP contribution in [0.1, 0.15) is 49.7 Å². The molecule has 1 unspecified atom stereocenters. The predicted octanol–water partition coefficient (Wildman–Crippen LogP) is 3.82. The molecule has 2 aromatic rings. The largest absolute Gasteiger partial charge is 0.487 e. The van der Waals surface area contributed by atoms with Gasteiger partial charge in [0.15, 0.2) is 0 Å². The van der Waals surface area contributed by atoms with Crippen molar-refractivity contribution in [2.45, 2.75) is 52.0 Å². The highest BCUT2D eigenvalue weighted by atomic mass is 16.5. The van der Waals surface area contributed by atoms with Gasteiger partial charge in [-0.25, -0.2) is 0 Å². The minimum Gasteiger partial charge on any atom is -0.487 e. The Hall–Kier alpha value is -3.58. The van der Waals surface area contributed by atoms with Gasteiger partial charge in [-0.15, -0.1) is 0 Å². The third-order valence-corrected chi connectivity index (χ3v) is 5.66. The highest BCUT2D eigenvalue weighted by Gasteiger charge is 2.29. The SMILES string of the molecule is CC1=C(CCC(C)(C)O)NC2C=CC(NC(=O)c3ccc(OCc4ccccn4)cc3)=CN12. The molecule has 172 valence electrons. The van der Waals surface area contributed by atoms with E-state index in [-0.39, 0.29) is 12.1 Å². The Balaban J connectivity index is 1.35. The summed E-state index contributed by atoms with van der Waals surface area (Å²) in [4.78, 5) is 19.1. The molecular weight excluding hydrogens is 416 g/mol. The van der Waals surface area contributed by atoms with Gasteiger partial charge in [0.25, 0.3) is 5.91 Å². The van der Waals surface area contributed by atoms with E-state index in [0.29, 0.717) is 24.3 Å². The van der Waals surface area contributed by atoms with E-state index >= 15 is 0 Å². The maximum Gasteiger partial charge on any atom is 0.255 e. The number of fused-ring (bicyclic) bond motifs is 1. The molecule has 0 fully saturated rings. The van der Waals surface area contributed by atoms with Crippen LogP contribution in [0.25, 0.3) is 0 Å². The van der Waals surface area contributed by atoms with E-state index in [2.05, 4.69) is 20.5 Å². The number of ether oxygens (including phenoxy) is 1. The van der Waals surface area contributed by atoms with Crippen LogP contribution in [0.3, 0.4) is 0 Å². The first-order valence-electron chi connectivity index (χ1n) is 11.1. The summed E-state index contributed by atoms with van der Waals surface area (Å²) in [7, 11) is 0. The number of hydrogen-bond acceptors (Lipinski definition) is 6. The van der Waals surface area contributed by atoms with Crippen molar-refractivity contribution < 1.29 is 14.6 Å². The van der Waals surface area contributed by atoms with Crippen LogP contribution >= 0.6 is 0 Å². The van der Waals surface area contributed by atoms with E-state index in [1.807, 2.05) is 57.3 Å². The first kappa shape index (κ1) is 22.6. The number of benzene rings is 1. The zero-order chi connectivity index (χ0) is 23.4. The molecule has 3 heterocycles. The maximum atomic E-state index is 12.7. The number of nitrogens with zero attached hydrogens (tertiary/aromatic N) is 2. The Kier molecular flexibility index (Phi) is 6.51. The van der Waals surface area contributed by atoms with Crippen molar-refractivity contribution in [3.63, 3.8) is 0 Å². The lowest BCUT2D eigenvalue weighted by atomic mass is 10.0. The molecule has 1 atom stereocenters. The molecule has 7 nitrogen and oxygen atoms in total. The van der Waals surface area contributed by atoms with Crippen LogP contribution in [0.4, 0.5) is 0 Å². The van der Waals surface area contributed by atoms with Crippen molar-refractivity contribution >= 4 is 5.91 Å². The summed E-state index contributed by atoms with van der Waals surface area (Å²) in [5.41, 5.74) is 3.61.